The van der Waals surface area contributed by atoms with Crippen LogP contribution in [0.1, 0.15) is 83.4 Å². The van der Waals surface area contributed by atoms with E-state index in [1.54, 1.807) is 0 Å². The molecule has 1 amide bonds. The van der Waals surface area contributed by atoms with Gasteiger partial charge in [0, 0.05) is 88.2 Å². The van der Waals surface area contributed by atoms with Crippen LogP contribution in [0, 0.1) is 18.8 Å². The third kappa shape index (κ3) is 7.95. The maximum absolute atomic E-state index is 13.8. The second-order valence-electron chi connectivity index (χ2n) is 16.4. The number of imidazole rings is 1. The fourth-order valence-corrected chi connectivity index (χ4v) is 9.35. The van der Waals surface area contributed by atoms with Crippen molar-refractivity contribution in [3.05, 3.63) is 106 Å². The second kappa shape index (κ2) is 15.7. The van der Waals surface area contributed by atoms with Crippen molar-refractivity contribution < 1.29 is 19.8 Å². The largest absolute Gasteiger partial charge is 0.481 e. The second-order valence-corrected chi connectivity index (χ2v) is 16.8. The minimum atomic E-state index is -0.674. The van der Waals surface area contributed by atoms with Gasteiger partial charge in [-0.3, -0.25) is 29.4 Å². The Morgan fingerprint density at radius 1 is 1.02 bits per heavy atom. The minimum Gasteiger partial charge on any atom is -0.481 e. The topological polar surface area (TPSA) is 137 Å². The van der Waals surface area contributed by atoms with Crippen molar-refractivity contribution in [2.75, 3.05) is 31.5 Å². The van der Waals surface area contributed by atoms with E-state index in [0.29, 0.717) is 42.0 Å². The van der Waals surface area contributed by atoms with E-state index < -0.39 is 11.6 Å². The fourth-order valence-electron chi connectivity index (χ4n) is 9.07. The number of aliphatic carboxylic acids is 1. The molecule has 2 fully saturated rings. The van der Waals surface area contributed by atoms with Gasteiger partial charge < -0.3 is 20.1 Å². The molecule has 3 N–H and O–H groups in total. The van der Waals surface area contributed by atoms with Crippen LogP contribution < -0.4 is 5.32 Å². The molecule has 2 aromatic carbocycles. The van der Waals surface area contributed by atoms with Crippen molar-refractivity contribution in [2.24, 2.45) is 18.9 Å². The number of aromatic nitrogens is 4. The third-order valence-electron chi connectivity index (χ3n) is 12.3. The Morgan fingerprint density at radius 2 is 1.80 bits per heavy atom. The van der Waals surface area contributed by atoms with Gasteiger partial charge in [0.2, 0.25) is 0 Å². The number of aliphatic hydroxyl groups is 1. The van der Waals surface area contributed by atoms with Crippen molar-refractivity contribution in [1.29, 1.82) is 0 Å². The molecule has 0 radical (unpaired) electrons. The first-order chi connectivity index (χ1) is 26.9. The molecule has 1 saturated carbocycles. The van der Waals surface area contributed by atoms with Crippen molar-refractivity contribution >= 4 is 40.1 Å². The van der Waals surface area contributed by atoms with Gasteiger partial charge in [-0.05, 0) is 92.3 Å². The van der Waals surface area contributed by atoms with Gasteiger partial charge in [0.05, 0.1) is 39.1 Å². The van der Waals surface area contributed by atoms with Gasteiger partial charge in [0.1, 0.15) is 0 Å². The van der Waals surface area contributed by atoms with E-state index in [1.165, 1.54) is 0 Å². The number of benzene rings is 2. The van der Waals surface area contributed by atoms with Gasteiger partial charge in [0.25, 0.3) is 5.91 Å². The number of rotatable bonds is 10. The molecule has 0 bridgehead atoms. The molecule has 2 aliphatic heterocycles. The predicted molar refractivity (Wildman–Crippen MR) is 218 cm³/mol. The summed E-state index contributed by atoms with van der Waals surface area (Å²) in [5.74, 6) is -0.352. The van der Waals surface area contributed by atoms with Crippen LogP contribution >= 0.6 is 11.6 Å². The van der Waals surface area contributed by atoms with E-state index in [0.717, 1.165) is 121 Å². The molecule has 1 saturated heterocycles. The summed E-state index contributed by atoms with van der Waals surface area (Å²) < 4.78 is 1.90. The summed E-state index contributed by atoms with van der Waals surface area (Å²) in [6.45, 7) is 8.76. The van der Waals surface area contributed by atoms with Gasteiger partial charge in [-0.1, -0.05) is 41.9 Å². The summed E-state index contributed by atoms with van der Waals surface area (Å²) in [4.78, 5) is 44.3. The number of hydrogen-bond acceptors (Lipinski definition) is 8. The SMILES string of the molecule is Cc1c(Cc2nccc3cc(CN4CC[C@@](C)(O)C4)cnc23)cccc1-c1cccc(NC(=O)c2nc3c(n2C)CCN(CC2CCC(C(=O)O)CC2)C3)c1Cl. The predicted octanol–water partition coefficient (Wildman–Crippen LogP) is 7.04. The van der Waals surface area contributed by atoms with E-state index in [-0.39, 0.29) is 11.8 Å². The number of hydrogen-bond donors (Lipinski definition) is 3. The average molecular weight is 776 g/mol. The molecular weight excluding hydrogens is 726 g/mol. The average Bonchev–Trinajstić information content (AvgIpc) is 3.70. The van der Waals surface area contributed by atoms with Gasteiger partial charge in [-0.25, -0.2) is 4.98 Å². The molecule has 3 aromatic heterocycles. The number of carboxylic acids is 1. The Hall–Kier alpha value is -4.68. The zero-order chi connectivity index (χ0) is 39.1. The van der Waals surface area contributed by atoms with Crippen molar-refractivity contribution in [1.82, 2.24) is 29.3 Å². The van der Waals surface area contributed by atoms with E-state index >= 15 is 0 Å². The molecular formula is C44H50ClN7O4. The van der Waals surface area contributed by atoms with Gasteiger partial charge in [0.15, 0.2) is 5.82 Å². The lowest BCUT2D eigenvalue weighted by Gasteiger charge is -2.33. The maximum atomic E-state index is 13.8. The van der Waals surface area contributed by atoms with Crippen LogP contribution in [0.25, 0.3) is 22.0 Å². The Bertz CT molecular complexity index is 2300. The number of carboxylic acid groups (broad SMARTS) is 1. The van der Waals surface area contributed by atoms with E-state index in [1.807, 2.05) is 61.3 Å². The molecule has 1 atom stereocenters. The standard InChI is InChI=1S/C44H50ClN7O4/c1-27-31(21-36-40-32(14-17-46-36)20-29(22-47-40)24-52-19-16-44(2,56)26-52)6-4-7-33(27)34-8-5-9-35(39(34)45)49-42(53)41-48-37-25-51(18-15-38(37)50(41)3)23-28-10-12-30(13-11-28)43(54)55/h4-9,14,17,20,22,28,30,56H,10-13,15-16,18-19,21,23-26H2,1-3H3,(H,49,53)(H,54,55)/t28?,30?,44-/m1/s1. The molecule has 56 heavy (non-hydrogen) atoms. The molecule has 292 valence electrons. The Morgan fingerprint density at radius 3 is 2.57 bits per heavy atom. The number of fused-ring (bicyclic) bond motifs is 2. The zero-order valence-corrected chi connectivity index (χ0v) is 33.1. The summed E-state index contributed by atoms with van der Waals surface area (Å²) in [6, 6.07) is 16.1. The highest BCUT2D eigenvalue weighted by atomic mass is 35.5. The van der Waals surface area contributed by atoms with Gasteiger partial charge >= 0.3 is 5.97 Å². The van der Waals surface area contributed by atoms with Crippen LogP contribution in [0.2, 0.25) is 5.02 Å². The highest BCUT2D eigenvalue weighted by Gasteiger charge is 2.32. The number of carbonyl (C=O) groups is 2. The lowest BCUT2D eigenvalue weighted by Crippen LogP contribution is -2.36. The van der Waals surface area contributed by atoms with Crippen molar-refractivity contribution in [3.63, 3.8) is 0 Å². The number of anilines is 1. The molecule has 5 aromatic rings. The Labute approximate surface area is 332 Å². The van der Waals surface area contributed by atoms with Gasteiger partial charge in [-0.2, -0.15) is 0 Å². The van der Waals surface area contributed by atoms with Crippen molar-refractivity contribution in [2.45, 2.75) is 77.5 Å². The lowest BCUT2D eigenvalue weighted by molar-refractivity contribution is -0.143. The summed E-state index contributed by atoms with van der Waals surface area (Å²) in [6.07, 6.45) is 9.31. The maximum Gasteiger partial charge on any atom is 0.306 e. The van der Waals surface area contributed by atoms with Crippen LogP contribution in [0.4, 0.5) is 5.69 Å². The normalized spacial score (nSPS) is 21.7. The molecule has 0 spiro atoms. The van der Waals surface area contributed by atoms with Gasteiger partial charge in [-0.15, -0.1) is 0 Å². The lowest BCUT2D eigenvalue weighted by atomic mass is 9.81. The van der Waals surface area contributed by atoms with Crippen LogP contribution in [-0.2, 0) is 37.8 Å². The van der Waals surface area contributed by atoms with Crippen molar-refractivity contribution in [3.8, 4) is 11.1 Å². The molecule has 1 aliphatic carbocycles. The van der Waals surface area contributed by atoms with Crippen LogP contribution in [0.3, 0.4) is 0 Å². The monoisotopic (exact) mass is 775 g/mol. The Balaban J connectivity index is 0.957. The number of nitrogens with one attached hydrogen (secondary N) is 1. The van der Waals surface area contributed by atoms with E-state index in [4.69, 9.17) is 26.6 Å². The van der Waals surface area contributed by atoms with Crippen LogP contribution in [0.15, 0.2) is 60.9 Å². The quantitative estimate of drug-likeness (QED) is 0.137. The number of amides is 1. The van der Waals surface area contributed by atoms with E-state index in [2.05, 4.69) is 40.2 Å². The first-order valence-electron chi connectivity index (χ1n) is 19.8. The number of halogens is 1. The zero-order valence-electron chi connectivity index (χ0n) is 32.4. The van der Waals surface area contributed by atoms with Crippen LogP contribution in [-0.4, -0.2) is 83.2 Å². The molecule has 5 heterocycles. The summed E-state index contributed by atoms with van der Waals surface area (Å²) in [7, 11) is 1.90. The first kappa shape index (κ1) is 38.2. The molecule has 0 unspecified atom stereocenters. The van der Waals surface area contributed by atoms with E-state index in [9.17, 15) is 19.8 Å². The molecule has 11 nitrogen and oxygen atoms in total. The van der Waals surface area contributed by atoms with Crippen LogP contribution in [0.5, 0.6) is 0 Å². The smallest absolute Gasteiger partial charge is 0.306 e. The summed E-state index contributed by atoms with van der Waals surface area (Å²) in [5, 5.41) is 24.3. The highest BCUT2D eigenvalue weighted by Crippen LogP contribution is 2.37. The number of likely N-dealkylation sites (tertiary alicyclic amines) is 1. The molecule has 8 rings (SSSR count). The third-order valence-corrected chi connectivity index (χ3v) is 12.7. The number of β-amino-alcohol motifs (C(OH)–C–C–N with tert-alkyl or cyclic N) is 1. The highest BCUT2D eigenvalue weighted by molar-refractivity contribution is 6.36. The number of nitrogens with zero attached hydrogens (tertiary/aromatic N) is 6. The summed E-state index contributed by atoms with van der Waals surface area (Å²) >= 11 is 7.09. The number of carbonyl (C=O) groups excluding carboxylic acids is 1. The summed E-state index contributed by atoms with van der Waals surface area (Å²) in [5.41, 5.74) is 8.75. The molecule has 12 heteroatoms. The number of pyridine rings is 2. The molecule has 3 aliphatic rings. The first-order valence-corrected chi connectivity index (χ1v) is 20.2. The fraction of sp³-hybridized carbons (Fsp3) is 0.432. The Kier molecular flexibility index (Phi) is 10.7. The minimum absolute atomic E-state index is 0.211.